The summed E-state index contributed by atoms with van der Waals surface area (Å²) in [6.07, 6.45) is 9.25. The lowest BCUT2D eigenvalue weighted by Gasteiger charge is -2.46. The van der Waals surface area contributed by atoms with Crippen molar-refractivity contribution in [3.8, 4) is 11.8 Å². The largest absolute Gasteiger partial charge is 0.490 e. The first kappa shape index (κ1) is 30.9. The minimum atomic E-state index is -4.00. The van der Waals surface area contributed by atoms with Gasteiger partial charge in [0.2, 0.25) is 10.0 Å². The monoisotopic (exact) mass is 637 g/mol. The molecule has 6 rings (SSSR count). The number of sulfonamides is 1. The molecule has 0 aromatic heterocycles. The van der Waals surface area contributed by atoms with Crippen LogP contribution in [0.5, 0.6) is 5.75 Å². The van der Waals surface area contributed by atoms with Gasteiger partial charge < -0.3 is 14.4 Å². The van der Waals surface area contributed by atoms with Crippen LogP contribution in [-0.4, -0.2) is 52.5 Å². The highest BCUT2D eigenvalue weighted by Crippen LogP contribution is 2.47. The van der Waals surface area contributed by atoms with Gasteiger partial charge in [0.1, 0.15) is 5.75 Å². The van der Waals surface area contributed by atoms with Gasteiger partial charge in [-0.2, -0.15) is 5.26 Å². The molecule has 1 spiro atoms. The summed E-state index contributed by atoms with van der Waals surface area (Å²) >= 11 is 6.41. The number of nitriles is 1. The fraction of sp³-hybridized carbons (Fsp3) is 0.529. The number of ether oxygens (including phenoxy) is 2. The number of nitrogens with zero attached hydrogens (tertiary/aromatic N) is 2. The Labute approximate surface area is 265 Å². The van der Waals surface area contributed by atoms with Gasteiger partial charge in [-0.3, -0.25) is 4.79 Å². The van der Waals surface area contributed by atoms with E-state index in [-0.39, 0.29) is 41.8 Å². The van der Waals surface area contributed by atoms with Gasteiger partial charge in [0.05, 0.1) is 29.7 Å². The number of aryl methyl sites for hydroxylation is 1. The zero-order chi connectivity index (χ0) is 31.1. The summed E-state index contributed by atoms with van der Waals surface area (Å²) in [4.78, 5) is 15.8. The number of amides is 1. The van der Waals surface area contributed by atoms with Crippen LogP contribution in [-0.2, 0) is 26.6 Å². The minimum absolute atomic E-state index is 0.144. The molecule has 1 N–H and O–H groups in total. The van der Waals surface area contributed by atoms with Crippen LogP contribution in [0.25, 0.3) is 0 Å². The second-order valence-electron chi connectivity index (χ2n) is 13.0. The number of anilines is 1. The number of hydrogen-bond donors (Lipinski definition) is 1. The van der Waals surface area contributed by atoms with Crippen molar-refractivity contribution in [2.45, 2.75) is 68.6 Å². The molecule has 2 aliphatic heterocycles. The number of halogens is 1. The topological polar surface area (TPSA) is 109 Å². The van der Waals surface area contributed by atoms with Gasteiger partial charge in [-0.1, -0.05) is 29.8 Å². The maximum absolute atomic E-state index is 13.4. The fourth-order valence-electron chi connectivity index (χ4n) is 7.64. The van der Waals surface area contributed by atoms with Gasteiger partial charge >= 0.3 is 0 Å². The molecule has 1 fully saturated rings. The lowest BCUT2D eigenvalue weighted by Crippen LogP contribution is -2.49. The van der Waals surface area contributed by atoms with Crippen molar-refractivity contribution in [3.63, 3.8) is 0 Å². The lowest BCUT2D eigenvalue weighted by molar-refractivity contribution is 0.0130. The molecule has 234 valence electrons. The molecule has 2 aromatic rings. The van der Waals surface area contributed by atoms with Crippen molar-refractivity contribution < 1.29 is 22.7 Å². The number of methoxy groups -OCH3 is 1. The van der Waals surface area contributed by atoms with Crippen LogP contribution in [0.4, 0.5) is 5.69 Å². The number of nitrogens with one attached hydrogen (secondary N) is 1. The molecule has 4 aliphatic rings. The number of fused-ring (bicyclic) bond motifs is 4. The van der Waals surface area contributed by atoms with Gasteiger partial charge in [-0.25, -0.2) is 13.1 Å². The smallest absolute Gasteiger partial charge is 0.264 e. The molecule has 2 aromatic carbocycles. The first-order valence-electron chi connectivity index (χ1n) is 15.6. The van der Waals surface area contributed by atoms with E-state index in [1.165, 1.54) is 11.1 Å². The third kappa shape index (κ3) is 5.96. The maximum Gasteiger partial charge on any atom is 0.264 e. The third-order valence-electron chi connectivity index (χ3n) is 10.3. The first-order valence-corrected chi connectivity index (χ1v) is 17.5. The van der Waals surface area contributed by atoms with Crippen molar-refractivity contribution in [2.24, 2.45) is 17.8 Å². The van der Waals surface area contributed by atoms with E-state index in [1.807, 2.05) is 18.2 Å². The van der Waals surface area contributed by atoms with E-state index in [0.29, 0.717) is 24.8 Å². The maximum atomic E-state index is 13.4. The average Bonchev–Trinajstić information content (AvgIpc) is 3.13. The Bertz CT molecular complexity index is 1600. The minimum Gasteiger partial charge on any atom is -0.490 e. The molecule has 2 bridgehead atoms. The van der Waals surface area contributed by atoms with Crippen LogP contribution in [0.2, 0.25) is 5.02 Å². The molecule has 10 heteroatoms. The molecule has 0 unspecified atom stereocenters. The van der Waals surface area contributed by atoms with Gasteiger partial charge in [-0.15, -0.1) is 0 Å². The van der Waals surface area contributed by atoms with E-state index >= 15 is 0 Å². The Balaban J connectivity index is 1.43. The molecule has 8 nitrogen and oxygen atoms in total. The summed E-state index contributed by atoms with van der Waals surface area (Å²) in [5.41, 5.74) is 3.32. The number of rotatable bonds is 2. The molecule has 1 saturated carbocycles. The Kier molecular flexibility index (Phi) is 8.71. The van der Waals surface area contributed by atoms with Crippen molar-refractivity contribution in [3.05, 3.63) is 70.3 Å². The second kappa shape index (κ2) is 12.4. The van der Waals surface area contributed by atoms with Crippen LogP contribution >= 0.6 is 11.6 Å². The SMILES string of the molecule is CO[C@H]1/C=C/[C@H](CC#N)C[C@@H](C)S(=O)(=O)NC(=O)c2ccc3c(c2)N(C[C@@H]2CC[C@H]21)C[C@@]1(CCCc2cc(Cl)ccc21)CO3. The predicted octanol–water partition coefficient (Wildman–Crippen LogP) is 5.79. The molecule has 1 amide bonds. The molecule has 2 heterocycles. The van der Waals surface area contributed by atoms with Gasteiger partial charge in [0, 0.05) is 42.6 Å². The molecule has 6 atom stereocenters. The third-order valence-corrected chi connectivity index (χ3v) is 12.2. The molecule has 0 saturated heterocycles. The van der Waals surface area contributed by atoms with Gasteiger partial charge in [-0.05, 0) is 105 Å². The molecular weight excluding hydrogens is 598 g/mol. The van der Waals surface area contributed by atoms with Gasteiger partial charge in [0.15, 0.2) is 0 Å². The van der Waals surface area contributed by atoms with E-state index in [1.54, 1.807) is 32.2 Å². The standard InChI is InChI=1S/C34H40ClN3O5S/c1-22-16-23(13-15-36)5-11-31(42-2)28-9-6-26(28)19-38-20-34(14-3-4-24-17-27(35)8-10-29(24)34)21-43-32-12-7-25(18-30(32)38)33(39)37-44(22,40)41/h5,7-8,10-12,17-18,22-23,26,28,31H,3-4,6,9,13-14,16,19-21H2,1-2H3,(H,37,39)/b11-5+/t22-,23-,26+,28-,31+,34+/m1/s1. The number of allylic oxidation sites excluding steroid dienone is 1. The summed E-state index contributed by atoms with van der Waals surface area (Å²) in [6.45, 7) is 3.53. The zero-order valence-corrected chi connectivity index (χ0v) is 26.9. The van der Waals surface area contributed by atoms with Crippen LogP contribution in [0.1, 0.15) is 66.9 Å². The van der Waals surface area contributed by atoms with Gasteiger partial charge in [0.25, 0.3) is 5.91 Å². The van der Waals surface area contributed by atoms with Crippen molar-refractivity contribution in [1.82, 2.24) is 4.72 Å². The number of benzene rings is 2. The van der Waals surface area contributed by atoms with E-state index in [2.05, 4.69) is 27.8 Å². The van der Waals surface area contributed by atoms with Crippen molar-refractivity contribution in [1.29, 1.82) is 5.26 Å². The predicted molar refractivity (Wildman–Crippen MR) is 171 cm³/mol. The van der Waals surface area contributed by atoms with E-state index in [4.69, 9.17) is 21.1 Å². The number of hydrogen-bond acceptors (Lipinski definition) is 7. The van der Waals surface area contributed by atoms with Crippen molar-refractivity contribution in [2.75, 3.05) is 31.7 Å². The Morgan fingerprint density at radius 1 is 1.20 bits per heavy atom. The summed E-state index contributed by atoms with van der Waals surface area (Å²) in [5, 5.41) is 9.31. The quantitative estimate of drug-likeness (QED) is 0.415. The zero-order valence-electron chi connectivity index (χ0n) is 25.3. The molecular formula is C34H40ClN3O5S. The molecule has 2 aliphatic carbocycles. The Hall–Kier alpha value is -3.06. The van der Waals surface area contributed by atoms with Crippen LogP contribution in [0.15, 0.2) is 48.6 Å². The Morgan fingerprint density at radius 2 is 2.05 bits per heavy atom. The summed E-state index contributed by atoms with van der Waals surface area (Å²) < 4.78 is 41.4. The summed E-state index contributed by atoms with van der Waals surface area (Å²) in [5.74, 6) is 0.367. The number of carbonyl (C=O) groups excluding carboxylic acids is 1. The first-order chi connectivity index (χ1) is 21.1. The normalized spacial score (nSPS) is 32.1. The van der Waals surface area contributed by atoms with E-state index < -0.39 is 21.2 Å². The summed E-state index contributed by atoms with van der Waals surface area (Å²) in [7, 11) is -2.28. The Morgan fingerprint density at radius 3 is 2.80 bits per heavy atom. The van der Waals surface area contributed by atoms with E-state index in [9.17, 15) is 18.5 Å². The molecule has 0 radical (unpaired) electrons. The lowest BCUT2D eigenvalue weighted by atomic mass is 9.68. The van der Waals surface area contributed by atoms with Crippen molar-refractivity contribution >= 4 is 33.2 Å². The highest BCUT2D eigenvalue weighted by atomic mass is 35.5. The highest BCUT2D eigenvalue weighted by Gasteiger charge is 2.44. The van der Waals surface area contributed by atoms with Crippen LogP contribution in [0.3, 0.4) is 0 Å². The average molecular weight is 638 g/mol. The summed E-state index contributed by atoms with van der Waals surface area (Å²) in [6, 6.07) is 13.6. The van der Waals surface area contributed by atoms with E-state index in [0.717, 1.165) is 49.4 Å². The molecule has 44 heavy (non-hydrogen) atoms. The number of carbonyl (C=O) groups is 1. The highest BCUT2D eigenvalue weighted by molar-refractivity contribution is 7.90. The second-order valence-corrected chi connectivity index (χ2v) is 15.6. The van der Waals surface area contributed by atoms with Crippen LogP contribution in [0, 0.1) is 29.1 Å². The fourth-order valence-corrected chi connectivity index (χ4v) is 8.92. The van der Waals surface area contributed by atoms with Crippen LogP contribution < -0.4 is 14.4 Å².